The van der Waals surface area contributed by atoms with Gasteiger partial charge in [0, 0.05) is 45.6 Å². The van der Waals surface area contributed by atoms with E-state index < -0.39 is 14.9 Å². The Balaban J connectivity index is 1.31. The normalized spacial score (nSPS) is 28.5. The van der Waals surface area contributed by atoms with Crippen molar-refractivity contribution in [2.45, 2.75) is 70.0 Å². The first kappa shape index (κ1) is 27.1. The Labute approximate surface area is 188 Å². The molecule has 2 bridgehead atoms. The van der Waals surface area contributed by atoms with Crippen molar-refractivity contribution in [3.05, 3.63) is 0 Å². The minimum atomic E-state index is -2.46. The predicted molar refractivity (Wildman–Crippen MR) is 120 cm³/mol. The number of ether oxygens (including phenoxy) is 3. The fraction of sp³-hybridized carbons (Fsp3) is 1.00. The van der Waals surface area contributed by atoms with Crippen LogP contribution < -0.4 is 10.6 Å². The highest BCUT2D eigenvalue weighted by molar-refractivity contribution is 6.62. The Morgan fingerprint density at radius 3 is 2.10 bits per heavy atom. The molecule has 3 unspecified atom stereocenters. The second-order valence-electron chi connectivity index (χ2n) is 8.34. The van der Waals surface area contributed by atoms with Crippen LogP contribution in [0, 0.1) is 0 Å². The third-order valence-electron chi connectivity index (χ3n) is 5.37. The van der Waals surface area contributed by atoms with Gasteiger partial charge < -0.3 is 43.2 Å². The molecule has 2 aliphatic rings. The molecule has 10 heteroatoms. The molecule has 31 heavy (non-hydrogen) atoms. The van der Waals surface area contributed by atoms with Gasteiger partial charge in [0.15, 0.2) is 0 Å². The van der Waals surface area contributed by atoms with E-state index in [-0.39, 0.29) is 18.3 Å². The van der Waals surface area contributed by atoms with E-state index in [9.17, 15) is 5.11 Å². The third kappa shape index (κ3) is 10.6. The van der Waals surface area contributed by atoms with Crippen LogP contribution in [0.25, 0.3) is 0 Å². The van der Waals surface area contributed by atoms with E-state index in [1.54, 1.807) is 0 Å². The molecule has 3 atom stereocenters. The van der Waals surface area contributed by atoms with Gasteiger partial charge in [0.05, 0.1) is 31.0 Å². The molecule has 0 spiro atoms. The van der Waals surface area contributed by atoms with E-state index in [4.69, 9.17) is 27.5 Å². The summed E-state index contributed by atoms with van der Waals surface area (Å²) in [6.07, 6.45) is 3.53. The fourth-order valence-corrected chi connectivity index (χ4v) is 7.09. The van der Waals surface area contributed by atoms with Crippen LogP contribution in [0.1, 0.15) is 39.5 Å². The Kier molecular flexibility index (Phi) is 13.7. The summed E-state index contributed by atoms with van der Waals surface area (Å²) >= 11 is 0. The van der Waals surface area contributed by atoms with E-state index in [0.29, 0.717) is 19.8 Å². The van der Waals surface area contributed by atoms with E-state index in [0.717, 1.165) is 71.2 Å². The number of nitrogens with one attached hydrogen (secondary N) is 2. The molecule has 9 nitrogen and oxygen atoms in total. The summed E-state index contributed by atoms with van der Waals surface area (Å²) in [4.78, 5) is 0. The Morgan fingerprint density at radius 2 is 1.45 bits per heavy atom. The molecule has 0 saturated carbocycles. The van der Waals surface area contributed by atoms with Gasteiger partial charge in [-0.2, -0.15) is 0 Å². The van der Waals surface area contributed by atoms with Crippen LogP contribution in [0.5, 0.6) is 0 Å². The molecule has 2 rings (SSSR count). The van der Waals surface area contributed by atoms with Crippen molar-refractivity contribution in [2.75, 3.05) is 66.3 Å². The second-order valence-corrected chi connectivity index (χ2v) is 10.9. The van der Waals surface area contributed by atoms with Gasteiger partial charge in [0.2, 0.25) is 0 Å². The molecule has 0 aromatic heterocycles. The van der Waals surface area contributed by atoms with Crippen molar-refractivity contribution >= 4 is 8.80 Å². The average Bonchev–Trinajstić information content (AvgIpc) is 3.24. The Bertz CT molecular complexity index is 451. The summed E-state index contributed by atoms with van der Waals surface area (Å²) in [5.74, 6) is 0. The lowest BCUT2D eigenvalue weighted by Crippen LogP contribution is -2.44. The topological polar surface area (TPSA) is 99.7 Å². The molecular weight excluding hydrogens is 420 g/mol. The molecule has 0 aliphatic carbocycles. The maximum atomic E-state index is 10.0. The highest BCUT2D eigenvalue weighted by Gasteiger charge is 2.60. The van der Waals surface area contributed by atoms with Gasteiger partial charge in [-0.15, -0.1) is 0 Å². The number of hydrogen-bond donors (Lipinski definition) is 3. The lowest BCUT2D eigenvalue weighted by atomic mass is 10.1. The van der Waals surface area contributed by atoms with Crippen molar-refractivity contribution in [1.82, 2.24) is 10.6 Å². The minimum Gasteiger partial charge on any atom is -0.389 e. The summed E-state index contributed by atoms with van der Waals surface area (Å²) in [6.45, 7) is 10.3. The van der Waals surface area contributed by atoms with Gasteiger partial charge in [-0.05, 0) is 59.7 Å². The molecule has 0 aromatic rings. The first-order valence-electron chi connectivity index (χ1n) is 11.9. The molecule has 184 valence electrons. The highest BCUT2D eigenvalue weighted by Crippen LogP contribution is 2.40. The standard InChI is InChI=1S/C21H44N2O7Si/c1-18-21-19(2)29-31(28-18,30-21)15-7-14-27-17-20(24)16-23-9-5-11-26-13-6-12-25-10-4-8-22-3/h18-24H,4-17H2,1-3H3. The van der Waals surface area contributed by atoms with Gasteiger partial charge in [-0.25, -0.2) is 0 Å². The number of aliphatic hydroxyl groups is 1. The first-order chi connectivity index (χ1) is 15.1. The summed E-state index contributed by atoms with van der Waals surface area (Å²) in [7, 11) is -0.517. The average molecular weight is 465 g/mol. The summed E-state index contributed by atoms with van der Waals surface area (Å²) in [5, 5.41) is 16.3. The van der Waals surface area contributed by atoms with Crippen LogP contribution in [0.2, 0.25) is 6.04 Å². The zero-order chi connectivity index (χ0) is 22.4. The van der Waals surface area contributed by atoms with E-state index in [2.05, 4.69) is 10.6 Å². The fourth-order valence-electron chi connectivity index (χ4n) is 3.80. The molecule has 0 aromatic carbocycles. The summed E-state index contributed by atoms with van der Waals surface area (Å²) in [6, 6.07) is 0.773. The number of aliphatic hydroxyl groups excluding tert-OH is 1. The van der Waals surface area contributed by atoms with E-state index in [1.807, 2.05) is 20.9 Å². The van der Waals surface area contributed by atoms with Crippen LogP contribution in [0.3, 0.4) is 0 Å². The molecule has 2 heterocycles. The maximum Gasteiger partial charge on any atom is 0.502 e. The zero-order valence-corrected chi connectivity index (χ0v) is 20.6. The van der Waals surface area contributed by atoms with Crippen LogP contribution in [-0.2, 0) is 27.5 Å². The smallest absolute Gasteiger partial charge is 0.389 e. The molecule has 2 saturated heterocycles. The third-order valence-corrected chi connectivity index (χ3v) is 8.43. The van der Waals surface area contributed by atoms with Gasteiger partial charge in [-0.1, -0.05) is 0 Å². The monoisotopic (exact) mass is 464 g/mol. The quantitative estimate of drug-likeness (QED) is 0.179. The van der Waals surface area contributed by atoms with Crippen molar-refractivity contribution < 1.29 is 32.6 Å². The van der Waals surface area contributed by atoms with E-state index >= 15 is 0 Å². The molecule has 2 fully saturated rings. The largest absolute Gasteiger partial charge is 0.502 e. The van der Waals surface area contributed by atoms with Gasteiger partial charge in [0.25, 0.3) is 0 Å². The Morgan fingerprint density at radius 1 is 0.839 bits per heavy atom. The van der Waals surface area contributed by atoms with Crippen molar-refractivity contribution in [2.24, 2.45) is 0 Å². The summed E-state index contributed by atoms with van der Waals surface area (Å²) in [5.41, 5.74) is 0. The van der Waals surface area contributed by atoms with Crippen LogP contribution >= 0.6 is 0 Å². The van der Waals surface area contributed by atoms with Gasteiger partial charge >= 0.3 is 8.80 Å². The minimum absolute atomic E-state index is 0.0816. The number of fused-ring (bicyclic) bond motifs is 2. The summed E-state index contributed by atoms with van der Waals surface area (Å²) < 4.78 is 34.6. The van der Waals surface area contributed by atoms with Crippen molar-refractivity contribution in [3.63, 3.8) is 0 Å². The van der Waals surface area contributed by atoms with E-state index in [1.165, 1.54) is 0 Å². The van der Waals surface area contributed by atoms with Crippen LogP contribution in [-0.4, -0.2) is 105 Å². The molecule has 0 amide bonds. The zero-order valence-electron chi connectivity index (χ0n) is 19.6. The van der Waals surface area contributed by atoms with Crippen LogP contribution in [0.4, 0.5) is 0 Å². The van der Waals surface area contributed by atoms with Gasteiger partial charge in [-0.3, -0.25) is 0 Å². The second kappa shape index (κ2) is 15.7. The predicted octanol–water partition coefficient (Wildman–Crippen LogP) is 0.928. The lowest BCUT2D eigenvalue weighted by molar-refractivity contribution is 0.0306. The molecule has 3 N–H and O–H groups in total. The SMILES string of the molecule is CNCCCOCCCOCCCNCC(O)COCCC[Si]12OC(C)C(O1)C(C)O2. The van der Waals surface area contributed by atoms with Crippen LogP contribution in [0.15, 0.2) is 0 Å². The molecule has 2 aliphatic heterocycles. The molecule has 0 radical (unpaired) electrons. The Hall–Kier alpha value is -0.143. The number of hydrogen-bond acceptors (Lipinski definition) is 9. The first-order valence-corrected chi connectivity index (χ1v) is 13.8. The molecular formula is C21H44N2O7Si. The lowest BCUT2D eigenvalue weighted by Gasteiger charge is -2.26. The van der Waals surface area contributed by atoms with Crippen molar-refractivity contribution in [1.29, 1.82) is 0 Å². The number of rotatable bonds is 20. The highest BCUT2D eigenvalue weighted by atomic mass is 28.4. The van der Waals surface area contributed by atoms with Gasteiger partial charge in [0.1, 0.15) is 0 Å². The maximum absolute atomic E-state index is 10.0. The van der Waals surface area contributed by atoms with Crippen molar-refractivity contribution in [3.8, 4) is 0 Å².